The first-order valence-corrected chi connectivity index (χ1v) is 6.07. The molecule has 16 heavy (non-hydrogen) atoms. The normalized spacial score (nSPS) is 17.0. The van der Waals surface area contributed by atoms with Crippen molar-refractivity contribution >= 4 is 12.2 Å². The van der Waals surface area contributed by atoms with E-state index in [4.69, 9.17) is 0 Å². The van der Waals surface area contributed by atoms with E-state index in [1.165, 1.54) is 33.4 Å². The maximum Gasteiger partial charge on any atom is -0.00577 e. The van der Waals surface area contributed by atoms with Gasteiger partial charge in [0.05, 0.1) is 0 Å². The molecule has 0 nitrogen and oxygen atoms in total. The zero-order valence-electron chi connectivity index (χ0n) is 10.6. The minimum absolute atomic E-state index is 1.15. The lowest BCUT2D eigenvalue weighted by molar-refractivity contribution is 1.11. The minimum atomic E-state index is 1.15. The van der Waals surface area contributed by atoms with Crippen molar-refractivity contribution in [3.05, 3.63) is 44.5 Å². The summed E-state index contributed by atoms with van der Waals surface area (Å²) in [5.74, 6) is 0. The molecule has 0 atom stereocenters. The Morgan fingerprint density at radius 1 is 0.688 bits per heavy atom. The van der Waals surface area contributed by atoms with Gasteiger partial charge in [-0.3, -0.25) is 0 Å². The van der Waals surface area contributed by atoms with E-state index in [-0.39, 0.29) is 0 Å². The number of hydrogen-bond donors (Lipinski definition) is 0. The van der Waals surface area contributed by atoms with E-state index in [9.17, 15) is 0 Å². The van der Waals surface area contributed by atoms with Gasteiger partial charge in [0.15, 0.2) is 0 Å². The van der Waals surface area contributed by atoms with Crippen LogP contribution in [-0.2, 0) is 12.8 Å². The van der Waals surface area contributed by atoms with Crippen LogP contribution in [0.4, 0.5) is 0 Å². The third kappa shape index (κ3) is 1.16. The quantitative estimate of drug-likeness (QED) is 0.601. The van der Waals surface area contributed by atoms with E-state index in [1.807, 2.05) is 0 Å². The van der Waals surface area contributed by atoms with Crippen molar-refractivity contribution in [2.24, 2.45) is 0 Å². The van der Waals surface area contributed by atoms with Gasteiger partial charge in [-0.15, -0.1) is 0 Å². The van der Waals surface area contributed by atoms with Crippen LogP contribution in [0.3, 0.4) is 0 Å². The van der Waals surface area contributed by atoms with Gasteiger partial charge < -0.3 is 0 Å². The highest BCUT2D eigenvalue weighted by atomic mass is 14.3. The first-order chi connectivity index (χ1) is 7.58. The Morgan fingerprint density at radius 3 is 1.44 bits per heavy atom. The fraction of sp³-hybridized carbons (Fsp3) is 0.375. The molecule has 0 spiro atoms. The second-order valence-corrected chi connectivity index (χ2v) is 5.37. The first kappa shape index (κ1) is 9.89. The zero-order chi connectivity index (χ0) is 11.4. The molecule has 0 saturated heterocycles. The van der Waals surface area contributed by atoms with Crippen LogP contribution in [0.1, 0.15) is 47.2 Å². The van der Waals surface area contributed by atoms with Crippen molar-refractivity contribution in [3.63, 3.8) is 0 Å². The molecule has 0 heteroatoms. The van der Waals surface area contributed by atoms with Gasteiger partial charge in [0.1, 0.15) is 0 Å². The van der Waals surface area contributed by atoms with E-state index in [1.54, 1.807) is 11.1 Å². The van der Waals surface area contributed by atoms with Crippen LogP contribution in [0.5, 0.6) is 0 Å². The van der Waals surface area contributed by atoms with Gasteiger partial charge in [0.25, 0.3) is 0 Å². The number of allylic oxidation sites excluding steroid dienone is 2. The Labute approximate surface area is 97.7 Å². The van der Waals surface area contributed by atoms with E-state index < -0.39 is 0 Å². The predicted molar refractivity (Wildman–Crippen MR) is 70.6 cm³/mol. The molecule has 1 aromatic rings. The summed E-state index contributed by atoms with van der Waals surface area (Å²) in [5, 5.41) is 0. The number of fused-ring (bicyclic) bond motifs is 2. The summed E-state index contributed by atoms with van der Waals surface area (Å²) in [6.45, 7) is 9.06. The molecule has 0 bridgehead atoms. The molecule has 0 N–H and O–H groups in total. The molecule has 2 aliphatic carbocycles. The average molecular weight is 210 g/mol. The lowest BCUT2D eigenvalue weighted by Gasteiger charge is -2.14. The lowest BCUT2D eigenvalue weighted by atomic mass is 9.90. The van der Waals surface area contributed by atoms with Gasteiger partial charge in [-0.25, -0.2) is 0 Å². The second kappa shape index (κ2) is 3.10. The fourth-order valence-electron chi connectivity index (χ4n) is 3.18. The molecule has 0 aromatic heterocycles. The van der Waals surface area contributed by atoms with Crippen LogP contribution in [0.2, 0.25) is 0 Å². The van der Waals surface area contributed by atoms with Gasteiger partial charge in [0, 0.05) is 0 Å². The summed E-state index contributed by atoms with van der Waals surface area (Å²) in [4.78, 5) is 0. The van der Waals surface area contributed by atoms with Crippen LogP contribution in [0, 0.1) is 13.8 Å². The smallest absolute Gasteiger partial charge is 0.00577 e. The van der Waals surface area contributed by atoms with Crippen LogP contribution in [0.15, 0.2) is 11.1 Å². The highest BCUT2D eigenvalue weighted by molar-refractivity contribution is 5.78. The molecule has 2 aliphatic rings. The summed E-state index contributed by atoms with van der Waals surface area (Å²) in [7, 11) is 0. The van der Waals surface area contributed by atoms with E-state index in [2.05, 4.69) is 39.8 Å². The second-order valence-electron chi connectivity index (χ2n) is 5.37. The van der Waals surface area contributed by atoms with Crippen molar-refractivity contribution < 1.29 is 0 Å². The number of benzene rings is 1. The predicted octanol–water partition coefficient (Wildman–Crippen LogP) is 4.22. The Balaban J connectivity index is 2.32. The molecule has 82 valence electrons. The Bertz CT molecular complexity index is 502. The molecule has 0 unspecified atom stereocenters. The monoisotopic (exact) mass is 210 g/mol. The lowest BCUT2D eigenvalue weighted by Crippen LogP contribution is -1.99. The molecule has 0 amide bonds. The van der Waals surface area contributed by atoms with Crippen molar-refractivity contribution in [3.8, 4) is 0 Å². The zero-order valence-corrected chi connectivity index (χ0v) is 10.6. The summed E-state index contributed by atoms with van der Waals surface area (Å²) < 4.78 is 0. The summed E-state index contributed by atoms with van der Waals surface area (Å²) >= 11 is 0. The largest absolute Gasteiger partial charge is 0.0683 e. The Hall–Kier alpha value is -1.30. The molecular weight excluding hydrogens is 192 g/mol. The van der Waals surface area contributed by atoms with Gasteiger partial charge in [-0.1, -0.05) is 23.3 Å². The van der Waals surface area contributed by atoms with Crippen molar-refractivity contribution in [2.75, 3.05) is 0 Å². The Kier molecular flexibility index (Phi) is 1.92. The summed E-state index contributed by atoms with van der Waals surface area (Å²) in [5.41, 5.74) is 12.2. The molecule has 0 fully saturated rings. The van der Waals surface area contributed by atoms with Crippen molar-refractivity contribution in [1.29, 1.82) is 0 Å². The third-order valence-electron chi connectivity index (χ3n) is 4.06. The average Bonchev–Trinajstić information content (AvgIpc) is 2.78. The highest BCUT2D eigenvalue weighted by Crippen LogP contribution is 2.39. The van der Waals surface area contributed by atoms with Gasteiger partial charge in [0.2, 0.25) is 0 Å². The maximum atomic E-state index is 2.38. The molecule has 0 saturated carbocycles. The SMILES string of the molecule is CC1=Cc2c(C)c3c(c(C)c2C1)C=C(C)C3. The molecule has 3 rings (SSSR count). The summed E-state index contributed by atoms with van der Waals surface area (Å²) in [6, 6.07) is 0. The molecule has 0 heterocycles. The minimum Gasteiger partial charge on any atom is -0.0683 e. The van der Waals surface area contributed by atoms with Crippen molar-refractivity contribution in [2.45, 2.75) is 40.5 Å². The van der Waals surface area contributed by atoms with Gasteiger partial charge in [-0.05, 0) is 73.9 Å². The van der Waals surface area contributed by atoms with Crippen LogP contribution in [0.25, 0.3) is 12.2 Å². The van der Waals surface area contributed by atoms with Crippen LogP contribution in [-0.4, -0.2) is 0 Å². The van der Waals surface area contributed by atoms with Crippen LogP contribution < -0.4 is 0 Å². The molecular formula is C16H18. The molecule has 0 radical (unpaired) electrons. The topological polar surface area (TPSA) is 0 Å². The summed E-state index contributed by atoms with van der Waals surface area (Å²) in [6.07, 6.45) is 7.07. The van der Waals surface area contributed by atoms with E-state index >= 15 is 0 Å². The van der Waals surface area contributed by atoms with Gasteiger partial charge >= 0.3 is 0 Å². The standard InChI is InChI=1S/C16H18/c1-9-5-13-11(3)15-7-10(2)8-16(15)12(4)14(13)6-9/h5,8H,6-7H2,1-4H3. The molecule has 0 aliphatic heterocycles. The molecule has 1 aromatic carbocycles. The fourth-order valence-corrected chi connectivity index (χ4v) is 3.18. The number of rotatable bonds is 0. The van der Waals surface area contributed by atoms with Crippen molar-refractivity contribution in [1.82, 2.24) is 0 Å². The number of hydrogen-bond acceptors (Lipinski definition) is 0. The highest BCUT2D eigenvalue weighted by Gasteiger charge is 2.23. The van der Waals surface area contributed by atoms with E-state index in [0.29, 0.717) is 0 Å². The van der Waals surface area contributed by atoms with E-state index in [0.717, 1.165) is 12.8 Å². The first-order valence-electron chi connectivity index (χ1n) is 6.07. The Morgan fingerprint density at radius 2 is 1.06 bits per heavy atom. The third-order valence-corrected chi connectivity index (χ3v) is 4.06. The van der Waals surface area contributed by atoms with Crippen LogP contribution >= 0.6 is 0 Å². The maximum absolute atomic E-state index is 2.38. The van der Waals surface area contributed by atoms with Gasteiger partial charge in [-0.2, -0.15) is 0 Å².